The minimum absolute atomic E-state index is 0.338. The molecule has 0 saturated carbocycles. The summed E-state index contributed by atoms with van der Waals surface area (Å²) in [5.74, 6) is 0. The van der Waals surface area contributed by atoms with Gasteiger partial charge in [-0.3, -0.25) is 0 Å². The van der Waals surface area contributed by atoms with Gasteiger partial charge in [0.15, 0.2) is 0 Å². The SMILES string of the molecule is Cc1cccc(C(Br)Cc2ccc(Cl)cc2)c1I. The van der Waals surface area contributed by atoms with Gasteiger partial charge in [0.1, 0.15) is 0 Å². The molecule has 0 heterocycles. The minimum Gasteiger partial charge on any atom is -0.0843 e. The lowest BCUT2D eigenvalue weighted by Gasteiger charge is -2.14. The Kier molecular flexibility index (Phi) is 5.10. The van der Waals surface area contributed by atoms with Crippen molar-refractivity contribution in [3.8, 4) is 0 Å². The number of alkyl halides is 1. The third-order valence-corrected chi connectivity index (χ3v) is 5.43. The molecule has 2 rings (SSSR count). The van der Waals surface area contributed by atoms with Gasteiger partial charge in [-0.25, -0.2) is 0 Å². The molecule has 0 aliphatic heterocycles. The van der Waals surface area contributed by atoms with Crippen molar-refractivity contribution in [3.63, 3.8) is 0 Å². The molecular weight excluding hydrogens is 422 g/mol. The van der Waals surface area contributed by atoms with Gasteiger partial charge in [-0.2, -0.15) is 0 Å². The minimum atomic E-state index is 0.338. The number of hydrogen-bond acceptors (Lipinski definition) is 0. The van der Waals surface area contributed by atoms with Gasteiger partial charge < -0.3 is 0 Å². The van der Waals surface area contributed by atoms with E-state index in [9.17, 15) is 0 Å². The van der Waals surface area contributed by atoms with E-state index in [0.717, 1.165) is 11.4 Å². The third kappa shape index (κ3) is 3.49. The van der Waals surface area contributed by atoms with Crippen LogP contribution in [-0.2, 0) is 6.42 Å². The summed E-state index contributed by atoms with van der Waals surface area (Å²) in [5, 5.41) is 0.787. The summed E-state index contributed by atoms with van der Waals surface area (Å²) >= 11 is 12.1. The van der Waals surface area contributed by atoms with Crippen LogP contribution in [0, 0.1) is 10.5 Å². The van der Waals surface area contributed by atoms with Crippen molar-refractivity contribution in [2.75, 3.05) is 0 Å². The van der Waals surface area contributed by atoms with E-state index in [2.05, 4.69) is 75.8 Å². The molecule has 0 radical (unpaired) electrons. The summed E-state index contributed by atoms with van der Waals surface area (Å²) in [6.07, 6.45) is 0.969. The summed E-state index contributed by atoms with van der Waals surface area (Å²) in [6, 6.07) is 14.5. The fraction of sp³-hybridized carbons (Fsp3) is 0.200. The second-order valence-electron chi connectivity index (χ2n) is 4.28. The molecule has 0 N–H and O–H groups in total. The van der Waals surface area contributed by atoms with Gasteiger partial charge in [0.2, 0.25) is 0 Å². The van der Waals surface area contributed by atoms with E-state index in [4.69, 9.17) is 11.6 Å². The quantitative estimate of drug-likeness (QED) is 0.414. The zero-order valence-electron chi connectivity index (χ0n) is 9.96. The Labute approximate surface area is 135 Å². The fourth-order valence-corrected chi connectivity index (χ4v) is 3.89. The lowest BCUT2D eigenvalue weighted by atomic mass is 10.0. The van der Waals surface area contributed by atoms with Gasteiger partial charge in [-0.1, -0.05) is 57.9 Å². The van der Waals surface area contributed by atoms with Crippen LogP contribution in [0.1, 0.15) is 21.5 Å². The van der Waals surface area contributed by atoms with Crippen molar-refractivity contribution in [1.82, 2.24) is 0 Å². The average Bonchev–Trinajstić information content (AvgIpc) is 2.35. The molecule has 2 aromatic carbocycles. The molecule has 2 aromatic rings. The second-order valence-corrected chi connectivity index (χ2v) is 6.90. The highest BCUT2D eigenvalue weighted by Crippen LogP contribution is 2.32. The Hall–Kier alpha value is -0.0600. The predicted octanol–water partition coefficient (Wildman–Crippen LogP) is 5.93. The van der Waals surface area contributed by atoms with E-state index < -0.39 is 0 Å². The largest absolute Gasteiger partial charge is 0.0843 e. The topological polar surface area (TPSA) is 0 Å². The number of benzene rings is 2. The summed E-state index contributed by atoms with van der Waals surface area (Å²) in [6.45, 7) is 2.15. The molecule has 3 heteroatoms. The first-order valence-electron chi connectivity index (χ1n) is 5.71. The number of aryl methyl sites for hydroxylation is 1. The van der Waals surface area contributed by atoms with E-state index in [1.807, 2.05) is 12.1 Å². The van der Waals surface area contributed by atoms with Gasteiger partial charge >= 0.3 is 0 Å². The lowest BCUT2D eigenvalue weighted by molar-refractivity contribution is 0.940. The first kappa shape index (κ1) is 14.4. The molecule has 0 aliphatic rings. The number of hydrogen-bond donors (Lipinski definition) is 0. The van der Waals surface area contributed by atoms with Gasteiger partial charge in [0.05, 0.1) is 0 Å². The molecule has 1 atom stereocenters. The fourth-order valence-electron chi connectivity index (χ4n) is 1.85. The molecule has 0 nitrogen and oxygen atoms in total. The van der Waals surface area contributed by atoms with Gasteiger partial charge in [-0.05, 0) is 64.8 Å². The Bertz CT molecular complexity index is 537. The zero-order valence-corrected chi connectivity index (χ0v) is 14.5. The first-order valence-corrected chi connectivity index (χ1v) is 8.08. The van der Waals surface area contributed by atoms with Crippen molar-refractivity contribution in [3.05, 3.63) is 67.7 Å². The molecule has 0 aromatic heterocycles. The zero-order chi connectivity index (χ0) is 13.1. The van der Waals surface area contributed by atoms with Crippen molar-refractivity contribution in [2.24, 2.45) is 0 Å². The second kappa shape index (κ2) is 6.40. The van der Waals surface area contributed by atoms with Crippen molar-refractivity contribution < 1.29 is 0 Å². The molecular formula is C15H13BrClI. The van der Waals surface area contributed by atoms with Crippen LogP contribution in [0.2, 0.25) is 5.02 Å². The number of halogens is 3. The van der Waals surface area contributed by atoms with Crippen LogP contribution >= 0.6 is 50.1 Å². The summed E-state index contributed by atoms with van der Waals surface area (Å²) in [5.41, 5.74) is 3.97. The Morgan fingerprint density at radius 1 is 1.17 bits per heavy atom. The van der Waals surface area contributed by atoms with Crippen LogP contribution in [0.15, 0.2) is 42.5 Å². The highest BCUT2D eigenvalue weighted by molar-refractivity contribution is 14.1. The smallest absolute Gasteiger partial charge is 0.0446 e. The Balaban J connectivity index is 2.19. The highest BCUT2D eigenvalue weighted by Gasteiger charge is 2.12. The van der Waals surface area contributed by atoms with Crippen LogP contribution in [0.3, 0.4) is 0 Å². The standard InChI is InChI=1S/C15H13BrClI/c1-10-3-2-4-13(15(10)18)14(16)9-11-5-7-12(17)8-6-11/h2-8,14H,9H2,1H3. The molecule has 0 saturated heterocycles. The maximum Gasteiger partial charge on any atom is 0.0446 e. The first-order chi connectivity index (χ1) is 8.58. The normalized spacial score (nSPS) is 12.4. The van der Waals surface area contributed by atoms with E-state index in [1.54, 1.807) is 0 Å². The molecule has 18 heavy (non-hydrogen) atoms. The Morgan fingerprint density at radius 2 is 1.83 bits per heavy atom. The van der Waals surface area contributed by atoms with Crippen LogP contribution in [0.4, 0.5) is 0 Å². The van der Waals surface area contributed by atoms with Crippen molar-refractivity contribution >= 4 is 50.1 Å². The maximum atomic E-state index is 5.90. The molecule has 0 amide bonds. The van der Waals surface area contributed by atoms with E-state index in [-0.39, 0.29) is 0 Å². The molecule has 94 valence electrons. The van der Waals surface area contributed by atoms with Crippen molar-refractivity contribution in [2.45, 2.75) is 18.2 Å². The molecule has 0 fully saturated rings. The summed E-state index contributed by atoms with van der Waals surface area (Å²) in [4.78, 5) is 0.338. The van der Waals surface area contributed by atoms with E-state index in [0.29, 0.717) is 4.83 Å². The van der Waals surface area contributed by atoms with Gasteiger partial charge in [-0.15, -0.1) is 0 Å². The van der Waals surface area contributed by atoms with Crippen LogP contribution in [-0.4, -0.2) is 0 Å². The van der Waals surface area contributed by atoms with Crippen molar-refractivity contribution in [1.29, 1.82) is 0 Å². The monoisotopic (exact) mass is 434 g/mol. The molecule has 1 unspecified atom stereocenters. The molecule has 0 bridgehead atoms. The molecule has 0 spiro atoms. The van der Waals surface area contributed by atoms with Crippen LogP contribution < -0.4 is 0 Å². The third-order valence-electron chi connectivity index (χ3n) is 2.89. The lowest BCUT2D eigenvalue weighted by Crippen LogP contribution is -1.99. The van der Waals surface area contributed by atoms with E-state index in [1.165, 1.54) is 20.3 Å². The van der Waals surface area contributed by atoms with Gasteiger partial charge in [0.25, 0.3) is 0 Å². The summed E-state index contributed by atoms with van der Waals surface area (Å²) in [7, 11) is 0. The van der Waals surface area contributed by atoms with Crippen LogP contribution in [0.25, 0.3) is 0 Å². The van der Waals surface area contributed by atoms with Crippen LogP contribution in [0.5, 0.6) is 0 Å². The number of rotatable bonds is 3. The van der Waals surface area contributed by atoms with E-state index >= 15 is 0 Å². The maximum absolute atomic E-state index is 5.90. The van der Waals surface area contributed by atoms with Gasteiger partial charge in [0, 0.05) is 13.4 Å². The highest BCUT2D eigenvalue weighted by atomic mass is 127. The average molecular weight is 436 g/mol. The summed E-state index contributed by atoms with van der Waals surface area (Å²) < 4.78 is 1.34. The molecule has 0 aliphatic carbocycles. The predicted molar refractivity (Wildman–Crippen MR) is 90.7 cm³/mol. The Morgan fingerprint density at radius 3 is 2.50 bits per heavy atom.